The van der Waals surface area contributed by atoms with Crippen LogP contribution in [0.3, 0.4) is 0 Å². The highest BCUT2D eigenvalue weighted by Gasteiger charge is 2.63. The average Bonchev–Trinajstić information content (AvgIpc) is 2.92. The Labute approximate surface area is 162 Å². The van der Waals surface area contributed by atoms with E-state index in [1.165, 1.54) is 0 Å². The van der Waals surface area contributed by atoms with Gasteiger partial charge in [0.05, 0.1) is 5.71 Å². The van der Waals surface area contributed by atoms with E-state index in [0.717, 1.165) is 37.8 Å². The summed E-state index contributed by atoms with van der Waals surface area (Å²) in [7, 11) is 0. The Kier molecular flexibility index (Phi) is 4.73. The molecule has 1 unspecified atom stereocenters. The Morgan fingerprint density at radius 2 is 1.93 bits per heavy atom. The van der Waals surface area contributed by atoms with Gasteiger partial charge in [-0.25, -0.2) is 0 Å². The number of rotatable bonds is 3. The Morgan fingerprint density at radius 1 is 1.15 bits per heavy atom. The van der Waals surface area contributed by atoms with Gasteiger partial charge in [-0.15, -0.1) is 0 Å². The second-order valence-corrected chi connectivity index (χ2v) is 9.94. The maximum absolute atomic E-state index is 13.3. The molecule has 0 aliphatic heterocycles. The minimum Gasteiger partial charge on any atom is -0.394 e. The molecule has 150 valence electrons. The van der Waals surface area contributed by atoms with Crippen molar-refractivity contribution in [3.63, 3.8) is 0 Å². The van der Waals surface area contributed by atoms with Crippen molar-refractivity contribution in [3.8, 4) is 0 Å². The predicted molar refractivity (Wildman–Crippen MR) is 104 cm³/mol. The molecular weight excluding hydrogens is 340 g/mol. The van der Waals surface area contributed by atoms with Crippen LogP contribution in [-0.2, 0) is 14.4 Å². The van der Waals surface area contributed by atoms with Gasteiger partial charge in [-0.3, -0.25) is 9.59 Å². The molecule has 0 heterocycles. The molecule has 0 amide bonds. The van der Waals surface area contributed by atoms with Gasteiger partial charge in [0, 0.05) is 36.6 Å². The van der Waals surface area contributed by atoms with Crippen LogP contribution in [0.15, 0.2) is 5.16 Å². The molecule has 0 bridgehead atoms. The molecule has 5 nitrogen and oxygen atoms in total. The number of nitrogens with zero attached hydrogens (tertiary/aromatic N) is 1. The van der Waals surface area contributed by atoms with Gasteiger partial charge in [0.1, 0.15) is 18.2 Å². The van der Waals surface area contributed by atoms with Crippen LogP contribution in [0.25, 0.3) is 0 Å². The molecule has 0 aromatic rings. The normalized spacial score (nSPS) is 48.1. The standard InChI is InChI=1S/C22H34N2O3/c1-13-17(24-27-11-10-23)7-9-22(3)16-6-8-21(2)15(4-5-19(21)26)14(16)12-18(25)20(13)22/h13-16,20H,4-12,23H2,1-3H3/b24-17+/t13-,14+,15+,16+,20?,21+,22-/m1/s1. The monoisotopic (exact) mass is 374 g/mol. The first kappa shape index (κ1) is 19.1. The fourth-order valence-electron chi connectivity index (χ4n) is 7.44. The van der Waals surface area contributed by atoms with Crippen LogP contribution in [-0.4, -0.2) is 30.4 Å². The van der Waals surface area contributed by atoms with Crippen molar-refractivity contribution in [3.05, 3.63) is 0 Å². The first-order valence-corrected chi connectivity index (χ1v) is 10.8. The van der Waals surface area contributed by atoms with Crippen molar-refractivity contribution >= 4 is 17.3 Å². The maximum atomic E-state index is 13.3. The van der Waals surface area contributed by atoms with E-state index >= 15 is 0 Å². The molecule has 4 fully saturated rings. The number of ketones is 2. The third kappa shape index (κ3) is 2.72. The number of nitrogens with two attached hydrogens (primary N) is 1. The van der Waals surface area contributed by atoms with Crippen LogP contribution >= 0.6 is 0 Å². The van der Waals surface area contributed by atoms with E-state index < -0.39 is 0 Å². The van der Waals surface area contributed by atoms with Crippen LogP contribution in [0, 0.1) is 40.4 Å². The zero-order valence-electron chi connectivity index (χ0n) is 17.0. The van der Waals surface area contributed by atoms with Crippen LogP contribution < -0.4 is 5.73 Å². The van der Waals surface area contributed by atoms with Gasteiger partial charge in [0.15, 0.2) is 0 Å². The van der Waals surface area contributed by atoms with Gasteiger partial charge in [0.25, 0.3) is 0 Å². The van der Waals surface area contributed by atoms with Gasteiger partial charge in [0.2, 0.25) is 0 Å². The van der Waals surface area contributed by atoms with Crippen LogP contribution in [0.2, 0.25) is 0 Å². The van der Waals surface area contributed by atoms with Gasteiger partial charge in [-0.1, -0.05) is 25.9 Å². The highest BCUT2D eigenvalue weighted by molar-refractivity contribution is 5.95. The van der Waals surface area contributed by atoms with Crippen LogP contribution in [0.5, 0.6) is 0 Å². The van der Waals surface area contributed by atoms with Gasteiger partial charge in [-0.05, 0) is 55.3 Å². The molecule has 0 aromatic carbocycles. The maximum Gasteiger partial charge on any atom is 0.139 e. The Bertz CT molecular complexity index is 674. The van der Waals surface area contributed by atoms with E-state index in [1.807, 2.05) is 0 Å². The summed E-state index contributed by atoms with van der Waals surface area (Å²) in [6.07, 6.45) is 6.34. The first-order valence-electron chi connectivity index (χ1n) is 10.8. The third-order valence-electron chi connectivity index (χ3n) is 8.82. The van der Waals surface area contributed by atoms with Gasteiger partial charge in [-0.2, -0.15) is 0 Å². The number of oxime groups is 1. The molecule has 7 atom stereocenters. The molecule has 2 N–H and O–H groups in total. The molecule has 5 heteroatoms. The summed E-state index contributed by atoms with van der Waals surface area (Å²) in [6.45, 7) is 7.54. The number of hydrogen-bond donors (Lipinski definition) is 1. The zero-order valence-corrected chi connectivity index (χ0v) is 17.0. The van der Waals surface area contributed by atoms with E-state index in [1.54, 1.807) is 0 Å². The smallest absolute Gasteiger partial charge is 0.139 e. The van der Waals surface area contributed by atoms with Gasteiger partial charge < -0.3 is 10.6 Å². The second-order valence-electron chi connectivity index (χ2n) is 9.94. The molecule has 0 spiro atoms. The Hall–Kier alpha value is -1.23. The molecular formula is C22H34N2O3. The second kappa shape index (κ2) is 6.68. The Morgan fingerprint density at radius 3 is 2.67 bits per heavy atom. The number of Topliss-reactive ketones (excluding diaryl/α,β-unsaturated/α-hetero) is 2. The van der Waals surface area contributed by atoms with Crippen LogP contribution in [0.1, 0.15) is 65.7 Å². The van der Waals surface area contributed by atoms with Crippen LogP contribution in [0.4, 0.5) is 0 Å². The Balaban J connectivity index is 1.62. The summed E-state index contributed by atoms with van der Waals surface area (Å²) in [5.41, 5.74) is 6.37. The van der Waals surface area contributed by atoms with E-state index in [9.17, 15) is 9.59 Å². The summed E-state index contributed by atoms with van der Waals surface area (Å²) in [4.78, 5) is 31.2. The summed E-state index contributed by atoms with van der Waals surface area (Å²) < 4.78 is 0. The SMILES string of the molecule is C[C@@H]1/C(=N/OCCN)CC[C@@]2(C)C1C(=O)C[C@@H]1[C@@H]2CC[C@]2(C)C(=O)CC[C@@H]12. The summed E-state index contributed by atoms with van der Waals surface area (Å²) in [6, 6.07) is 0. The number of carbonyl (C=O) groups is 2. The minimum absolute atomic E-state index is 0.0271. The van der Waals surface area contributed by atoms with Crippen molar-refractivity contribution < 1.29 is 14.4 Å². The van der Waals surface area contributed by atoms with Crippen molar-refractivity contribution in [2.45, 2.75) is 65.7 Å². The molecule has 4 saturated carbocycles. The highest BCUT2D eigenvalue weighted by Crippen LogP contribution is 2.65. The quantitative estimate of drug-likeness (QED) is 0.607. The topological polar surface area (TPSA) is 81.8 Å². The summed E-state index contributed by atoms with van der Waals surface area (Å²) in [5, 5.41) is 4.33. The first-order chi connectivity index (χ1) is 12.8. The molecule has 0 radical (unpaired) electrons. The number of carbonyl (C=O) groups excluding carboxylic acids is 2. The van der Waals surface area contributed by atoms with Crippen molar-refractivity contribution in [1.82, 2.24) is 0 Å². The fourth-order valence-corrected chi connectivity index (χ4v) is 7.44. The molecule has 4 aliphatic rings. The van der Waals surface area contributed by atoms with E-state index in [4.69, 9.17) is 10.6 Å². The molecule has 4 rings (SSSR count). The lowest BCUT2D eigenvalue weighted by molar-refractivity contribution is -0.155. The largest absolute Gasteiger partial charge is 0.394 e. The number of fused-ring (bicyclic) bond motifs is 5. The molecule has 0 saturated heterocycles. The summed E-state index contributed by atoms with van der Waals surface area (Å²) in [5.74, 6) is 2.35. The number of hydrogen-bond acceptors (Lipinski definition) is 5. The highest BCUT2D eigenvalue weighted by atomic mass is 16.6. The summed E-state index contributed by atoms with van der Waals surface area (Å²) >= 11 is 0. The molecule has 27 heavy (non-hydrogen) atoms. The van der Waals surface area contributed by atoms with E-state index in [2.05, 4.69) is 25.9 Å². The van der Waals surface area contributed by atoms with Crippen molar-refractivity contribution in [2.75, 3.05) is 13.2 Å². The predicted octanol–water partition coefficient (Wildman–Crippen LogP) is 3.35. The fraction of sp³-hybridized carbons (Fsp3) is 0.864. The molecule has 0 aromatic heterocycles. The molecule has 4 aliphatic carbocycles. The lowest BCUT2D eigenvalue weighted by Gasteiger charge is -2.59. The van der Waals surface area contributed by atoms with E-state index in [0.29, 0.717) is 55.3 Å². The minimum atomic E-state index is -0.173. The third-order valence-corrected chi connectivity index (χ3v) is 8.82. The zero-order chi connectivity index (χ0) is 19.4. The lowest BCUT2D eigenvalue weighted by atomic mass is 9.43. The average molecular weight is 375 g/mol. The van der Waals surface area contributed by atoms with Crippen molar-refractivity contribution in [2.24, 2.45) is 51.3 Å². The lowest BCUT2D eigenvalue weighted by Crippen LogP contribution is -2.58. The van der Waals surface area contributed by atoms with E-state index in [-0.39, 0.29) is 22.7 Å². The van der Waals surface area contributed by atoms with Gasteiger partial charge >= 0.3 is 0 Å². The van der Waals surface area contributed by atoms with Crippen molar-refractivity contribution in [1.29, 1.82) is 0 Å².